The van der Waals surface area contributed by atoms with Gasteiger partial charge in [0.1, 0.15) is 0 Å². The van der Waals surface area contributed by atoms with E-state index in [9.17, 15) is 0 Å². The number of likely N-dealkylation sites (tertiary alicyclic amines) is 1. The number of aliphatic hydroxyl groups is 2. The Labute approximate surface area is 98.9 Å². The van der Waals surface area contributed by atoms with E-state index in [-0.39, 0.29) is 13.2 Å². The third-order valence-corrected chi connectivity index (χ3v) is 3.99. The summed E-state index contributed by atoms with van der Waals surface area (Å²) in [6.45, 7) is 7.20. The van der Waals surface area contributed by atoms with Crippen LogP contribution in [0, 0.1) is 5.92 Å². The Kier molecular flexibility index (Phi) is 5.69. The molecule has 2 N–H and O–H groups in total. The lowest BCUT2D eigenvalue weighted by atomic mass is 9.99. The van der Waals surface area contributed by atoms with Crippen molar-refractivity contribution in [1.82, 2.24) is 9.80 Å². The summed E-state index contributed by atoms with van der Waals surface area (Å²) < 4.78 is 0. The lowest BCUT2D eigenvalue weighted by Gasteiger charge is -2.27. The smallest absolute Gasteiger partial charge is 0.0558 e. The third kappa shape index (κ3) is 3.42. The number of rotatable bonds is 6. The van der Waals surface area contributed by atoms with Crippen LogP contribution in [-0.4, -0.2) is 72.0 Å². The molecule has 96 valence electrons. The normalized spacial score (nSPS) is 31.5. The minimum absolute atomic E-state index is 0.173. The highest BCUT2D eigenvalue weighted by atomic mass is 16.3. The van der Waals surface area contributed by atoms with E-state index in [0.717, 1.165) is 6.54 Å². The largest absolute Gasteiger partial charge is 0.395 e. The highest BCUT2D eigenvalue weighted by Crippen LogP contribution is 2.28. The fourth-order valence-electron chi connectivity index (χ4n) is 2.67. The first-order valence-corrected chi connectivity index (χ1v) is 6.26. The van der Waals surface area contributed by atoms with Crippen molar-refractivity contribution >= 4 is 0 Å². The van der Waals surface area contributed by atoms with Gasteiger partial charge in [-0.05, 0) is 33.2 Å². The fourth-order valence-corrected chi connectivity index (χ4v) is 2.67. The molecular formula is C12H26N2O2. The van der Waals surface area contributed by atoms with Gasteiger partial charge < -0.3 is 15.1 Å². The standard InChI is InChI=1S/C12H26N2O2/c1-10-8-12(11(2)13(10)3)9-14(4-6-15)5-7-16/h10-12,15-16H,4-9H2,1-3H3/t10?,11-,12?/m1/s1. The summed E-state index contributed by atoms with van der Waals surface area (Å²) in [4.78, 5) is 4.58. The van der Waals surface area contributed by atoms with Crippen molar-refractivity contribution in [3.05, 3.63) is 0 Å². The fraction of sp³-hybridized carbons (Fsp3) is 1.00. The molecule has 1 heterocycles. The predicted octanol–water partition coefficient (Wildman–Crippen LogP) is 0.00170. The maximum absolute atomic E-state index is 8.97. The van der Waals surface area contributed by atoms with E-state index in [1.165, 1.54) is 6.42 Å². The van der Waals surface area contributed by atoms with E-state index >= 15 is 0 Å². The lowest BCUT2D eigenvalue weighted by molar-refractivity contribution is 0.135. The Hall–Kier alpha value is -0.160. The van der Waals surface area contributed by atoms with Gasteiger partial charge in [-0.2, -0.15) is 0 Å². The van der Waals surface area contributed by atoms with E-state index in [0.29, 0.717) is 31.1 Å². The van der Waals surface area contributed by atoms with Crippen LogP contribution < -0.4 is 0 Å². The van der Waals surface area contributed by atoms with Crippen molar-refractivity contribution in [2.75, 3.05) is 39.9 Å². The first-order chi connectivity index (χ1) is 7.60. The van der Waals surface area contributed by atoms with Crippen LogP contribution in [0.5, 0.6) is 0 Å². The first-order valence-electron chi connectivity index (χ1n) is 6.26. The van der Waals surface area contributed by atoms with Crippen LogP contribution in [0.1, 0.15) is 20.3 Å². The van der Waals surface area contributed by atoms with Gasteiger partial charge in [-0.25, -0.2) is 0 Å². The van der Waals surface area contributed by atoms with Gasteiger partial charge in [0.2, 0.25) is 0 Å². The van der Waals surface area contributed by atoms with Crippen molar-refractivity contribution in [2.24, 2.45) is 5.92 Å². The average Bonchev–Trinajstić information content (AvgIpc) is 2.47. The zero-order chi connectivity index (χ0) is 12.1. The van der Waals surface area contributed by atoms with Crippen LogP contribution in [0.15, 0.2) is 0 Å². The Morgan fingerprint density at radius 2 is 1.75 bits per heavy atom. The minimum Gasteiger partial charge on any atom is -0.395 e. The predicted molar refractivity (Wildman–Crippen MR) is 65.4 cm³/mol. The Morgan fingerprint density at radius 1 is 1.19 bits per heavy atom. The molecule has 0 aromatic rings. The summed E-state index contributed by atoms with van der Waals surface area (Å²) in [6, 6.07) is 1.24. The number of aliphatic hydroxyl groups excluding tert-OH is 2. The molecule has 0 aromatic carbocycles. The maximum atomic E-state index is 8.97. The molecule has 1 rings (SSSR count). The van der Waals surface area contributed by atoms with Gasteiger partial charge in [-0.15, -0.1) is 0 Å². The SMILES string of the molecule is CC1CC(CN(CCO)CCO)[C@@H](C)N1C. The van der Waals surface area contributed by atoms with E-state index in [1.807, 2.05) is 0 Å². The molecule has 2 unspecified atom stereocenters. The minimum atomic E-state index is 0.173. The van der Waals surface area contributed by atoms with Crippen LogP contribution in [0.4, 0.5) is 0 Å². The van der Waals surface area contributed by atoms with Crippen LogP contribution >= 0.6 is 0 Å². The molecule has 0 radical (unpaired) electrons. The monoisotopic (exact) mass is 230 g/mol. The second-order valence-electron chi connectivity index (χ2n) is 5.00. The molecule has 1 saturated heterocycles. The zero-order valence-electron chi connectivity index (χ0n) is 10.8. The Balaban J connectivity index is 2.45. The molecule has 1 aliphatic heterocycles. The van der Waals surface area contributed by atoms with Crippen LogP contribution in [0.3, 0.4) is 0 Å². The topological polar surface area (TPSA) is 46.9 Å². The summed E-state index contributed by atoms with van der Waals surface area (Å²) in [7, 11) is 2.18. The molecule has 0 bridgehead atoms. The summed E-state index contributed by atoms with van der Waals surface area (Å²) in [6.07, 6.45) is 1.21. The highest BCUT2D eigenvalue weighted by molar-refractivity contribution is 4.88. The van der Waals surface area contributed by atoms with Crippen molar-refractivity contribution in [1.29, 1.82) is 0 Å². The Morgan fingerprint density at radius 3 is 2.12 bits per heavy atom. The second kappa shape index (κ2) is 6.55. The maximum Gasteiger partial charge on any atom is 0.0558 e. The molecule has 0 spiro atoms. The van der Waals surface area contributed by atoms with E-state index in [2.05, 4.69) is 30.7 Å². The van der Waals surface area contributed by atoms with Gasteiger partial charge in [0, 0.05) is 31.7 Å². The molecule has 1 aliphatic rings. The average molecular weight is 230 g/mol. The highest BCUT2D eigenvalue weighted by Gasteiger charge is 2.34. The molecule has 0 saturated carbocycles. The second-order valence-corrected chi connectivity index (χ2v) is 5.00. The van der Waals surface area contributed by atoms with E-state index in [1.54, 1.807) is 0 Å². The van der Waals surface area contributed by atoms with Gasteiger partial charge in [0.05, 0.1) is 13.2 Å². The lowest BCUT2D eigenvalue weighted by Crippen LogP contribution is -2.38. The summed E-state index contributed by atoms with van der Waals surface area (Å²) in [5.74, 6) is 0.651. The van der Waals surface area contributed by atoms with Gasteiger partial charge >= 0.3 is 0 Å². The van der Waals surface area contributed by atoms with Crippen LogP contribution in [-0.2, 0) is 0 Å². The summed E-state index contributed by atoms with van der Waals surface area (Å²) in [5.41, 5.74) is 0. The van der Waals surface area contributed by atoms with Gasteiger partial charge in [0.25, 0.3) is 0 Å². The molecule has 4 heteroatoms. The van der Waals surface area contributed by atoms with Crippen molar-refractivity contribution in [3.8, 4) is 0 Å². The number of nitrogens with zero attached hydrogens (tertiary/aromatic N) is 2. The third-order valence-electron chi connectivity index (χ3n) is 3.99. The molecule has 16 heavy (non-hydrogen) atoms. The molecule has 0 amide bonds. The first kappa shape index (κ1) is 13.9. The molecule has 3 atom stereocenters. The van der Waals surface area contributed by atoms with Crippen molar-refractivity contribution < 1.29 is 10.2 Å². The Bertz CT molecular complexity index is 195. The molecule has 0 aromatic heterocycles. The van der Waals surface area contributed by atoms with Gasteiger partial charge in [-0.3, -0.25) is 4.90 Å². The van der Waals surface area contributed by atoms with Gasteiger partial charge in [-0.1, -0.05) is 0 Å². The number of hydrogen-bond acceptors (Lipinski definition) is 4. The number of hydrogen-bond donors (Lipinski definition) is 2. The van der Waals surface area contributed by atoms with E-state index in [4.69, 9.17) is 10.2 Å². The van der Waals surface area contributed by atoms with Crippen molar-refractivity contribution in [2.45, 2.75) is 32.4 Å². The summed E-state index contributed by atoms with van der Waals surface area (Å²) in [5, 5.41) is 17.9. The molecular weight excluding hydrogens is 204 g/mol. The van der Waals surface area contributed by atoms with Crippen LogP contribution in [0.25, 0.3) is 0 Å². The summed E-state index contributed by atoms with van der Waals surface area (Å²) >= 11 is 0. The molecule has 1 fully saturated rings. The van der Waals surface area contributed by atoms with Crippen LogP contribution in [0.2, 0.25) is 0 Å². The molecule has 4 nitrogen and oxygen atoms in total. The molecule has 0 aliphatic carbocycles. The van der Waals surface area contributed by atoms with Crippen molar-refractivity contribution in [3.63, 3.8) is 0 Å². The van der Waals surface area contributed by atoms with Gasteiger partial charge in [0.15, 0.2) is 0 Å². The van der Waals surface area contributed by atoms with E-state index < -0.39 is 0 Å². The zero-order valence-corrected chi connectivity index (χ0v) is 10.8. The quantitative estimate of drug-likeness (QED) is 0.674.